The van der Waals surface area contributed by atoms with Gasteiger partial charge in [-0.3, -0.25) is 10.1 Å². The summed E-state index contributed by atoms with van der Waals surface area (Å²) in [7, 11) is 0. The van der Waals surface area contributed by atoms with Crippen molar-refractivity contribution in [1.82, 2.24) is 5.32 Å². The van der Waals surface area contributed by atoms with Crippen molar-refractivity contribution in [2.24, 2.45) is 5.92 Å². The largest absolute Gasteiger partial charge is 0.480 e. The molecule has 1 unspecified atom stereocenters. The van der Waals surface area contributed by atoms with E-state index >= 15 is 0 Å². The summed E-state index contributed by atoms with van der Waals surface area (Å²) in [5.74, 6) is -0.301. The summed E-state index contributed by atoms with van der Waals surface area (Å²) in [6.07, 6.45) is 3.46. The fourth-order valence-electron chi connectivity index (χ4n) is 2.52. The zero-order valence-corrected chi connectivity index (χ0v) is 10.6. The van der Waals surface area contributed by atoms with Crippen molar-refractivity contribution < 1.29 is 9.90 Å². The molecule has 1 heterocycles. The predicted molar refractivity (Wildman–Crippen MR) is 72.2 cm³/mol. The third kappa shape index (κ3) is 2.62. The van der Waals surface area contributed by atoms with E-state index in [0.29, 0.717) is 12.3 Å². The molecule has 2 N–H and O–H groups in total. The fraction of sp³-hybridized carbons (Fsp3) is 0.400. The second-order valence-electron chi connectivity index (χ2n) is 4.96. The van der Waals surface area contributed by atoms with Gasteiger partial charge in [-0.1, -0.05) is 43.8 Å². The smallest absolute Gasteiger partial charge is 0.320 e. The Labute approximate surface area is 108 Å². The summed E-state index contributed by atoms with van der Waals surface area (Å²) in [6.45, 7) is 5.89. The standard InChI is InChI=1S/C15H19NO2/c1-3-11-5-7-12(8-6-11)14-10(2)4-9-13(16-14)15(17)18/h3,5-8,10,13-14,16H,1,4,9H2,2H3,(H,17,18)/t10-,13?,14-/m0/s1. The van der Waals surface area contributed by atoms with E-state index in [2.05, 4.69) is 31.0 Å². The minimum Gasteiger partial charge on any atom is -0.480 e. The van der Waals surface area contributed by atoms with Gasteiger partial charge in [0.05, 0.1) is 0 Å². The summed E-state index contributed by atoms with van der Waals surface area (Å²) in [6, 6.07) is 7.83. The second-order valence-corrected chi connectivity index (χ2v) is 4.96. The van der Waals surface area contributed by atoms with Crippen LogP contribution < -0.4 is 5.32 Å². The quantitative estimate of drug-likeness (QED) is 0.861. The second kappa shape index (κ2) is 5.36. The summed E-state index contributed by atoms with van der Waals surface area (Å²) in [5.41, 5.74) is 2.23. The van der Waals surface area contributed by atoms with Gasteiger partial charge < -0.3 is 5.11 Å². The number of carboxylic acid groups (broad SMARTS) is 1. The molecule has 3 atom stereocenters. The van der Waals surface area contributed by atoms with Gasteiger partial charge in [0.1, 0.15) is 6.04 Å². The average molecular weight is 245 g/mol. The molecule has 0 amide bonds. The van der Waals surface area contributed by atoms with Crippen molar-refractivity contribution >= 4 is 12.0 Å². The van der Waals surface area contributed by atoms with E-state index < -0.39 is 12.0 Å². The maximum atomic E-state index is 11.1. The van der Waals surface area contributed by atoms with Gasteiger partial charge in [0, 0.05) is 6.04 Å². The summed E-state index contributed by atoms with van der Waals surface area (Å²) in [4.78, 5) is 11.1. The molecule has 1 aliphatic heterocycles. The summed E-state index contributed by atoms with van der Waals surface area (Å²) in [5, 5.41) is 12.3. The normalized spacial score (nSPS) is 27.7. The molecule has 1 fully saturated rings. The zero-order valence-electron chi connectivity index (χ0n) is 10.6. The van der Waals surface area contributed by atoms with Crippen molar-refractivity contribution in [3.63, 3.8) is 0 Å². The average Bonchev–Trinajstić information content (AvgIpc) is 2.39. The lowest BCUT2D eigenvalue weighted by atomic mass is 9.84. The summed E-state index contributed by atoms with van der Waals surface area (Å²) < 4.78 is 0. The number of carboxylic acids is 1. The zero-order chi connectivity index (χ0) is 13.1. The van der Waals surface area contributed by atoms with Gasteiger partial charge in [0.2, 0.25) is 0 Å². The van der Waals surface area contributed by atoms with Crippen LogP contribution in [0.5, 0.6) is 0 Å². The van der Waals surface area contributed by atoms with E-state index in [1.165, 1.54) is 0 Å². The maximum Gasteiger partial charge on any atom is 0.320 e. The number of carbonyl (C=O) groups is 1. The lowest BCUT2D eigenvalue weighted by molar-refractivity contribution is -0.140. The third-order valence-corrected chi connectivity index (χ3v) is 3.69. The van der Waals surface area contributed by atoms with E-state index in [4.69, 9.17) is 5.11 Å². The molecule has 0 radical (unpaired) electrons. The number of hydrogen-bond donors (Lipinski definition) is 2. The third-order valence-electron chi connectivity index (χ3n) is 3.69. The van der Waals surface area contributed by atoms with Crippen LogP contribution in [0.15, 0.2) is 30.8 Å². The molecule has 1 aromatic carbocycles. The van der Waals surface area contributed by atoms with E-state index in [1.54, 1.807) is 0 Å². The molecule has 3 heteroatoms. The molecule has 1 aliphatic rings. The van der Waals surface area contributed by atoms with Crippen molar-refractivity contribution in [3.8, 4) is 0 Å². The van der Waals surface area contributed by atoms with Crippen LogP contribution in [0.1, 0.15) is 36.9 Å². The van der Waals surface area contributed by atoms with Crippen molar-refractivity contribution in [2.75, 3.05) is 0 Å². The number of nitrogens with one attached hydrogen (secondary N) is 1. The molecule has 1 aromatic rings. The SMILES string of the molecule is C=Cc1ccc([C@H]2NC(C(=O)O)CC[C@@H]2C)cc1. The molecule has 0 spiro atoms. The van der Waals surface area contributed by atoms with Crippen molar-refractivity contribution in [1.29, 1.82) is 0 Å². The first-order valence-corrected chi connectivity index (χ1v) is 6.33. The highest BCUT2D eigenvalue weighted by Crippen LogP contribution is 2.31. The lowest BCUT2D eigenvalue weighted by Crippen LogP contribution is -2.45. The maximum absolute atomic E-state index is 11.1. The Morgan fingerprint density at radius 1 is 1.39 bits per heavy atom. The molecular formula is C15H19NO2. The Hall–Kier alpha value is -1.61. The van der Waals surface area contributed by atoms with E-state index in [1.807, 2.05) is 18.2 Å². The van der Waals surface area contributed by atoms with Gasteiger partial charge in [-0.05, 0) is 29.9 Å². The molecule has 3 nitrogen and oxygen atoms in total. The minimum atomic E-state index is -0.755. The first-order valence-electron chi connectivity index (χ1n) is 6.33. The molecular weight excluding hydrogens is 226 g/mol. The van der Waals surface area contributed by atoms with Gasteiger partial charge in [0.25, 0.3) is 0 Å². The predicted octanol–water partition coefficient (Wildman–Crippen LogP) is 2.84. The van der Waals surface area contributed by atoms with Crippen molar-refractivity contribution in [3.05, 3.63) is 42.0 Å². The van der Waals surface area contributed by atoms with Crippen molar-refractivity contribution in [2.45, 2.75) is 31.8 Å². The molecule has 96 valence electrons. The topological polar surface area (TPSA) is 49.3 Å². The molecule has 18 heavy (non-hydrogen) atoms. The number of benzene rings is 1. The fourth-order valence-corrected chi connectivity index (χ4v) is 2.52. The first-order chi connectivity index (χ1) is 8.61. The number of aliphatic carboxylic acids is 1. The molecule has 0 aliphatic carbocycles. The van der Waals surface area contributed by atoms with E-state index in [-0.39, 0.29) is 6.04 Å². The van der Waals surface area contributed by atoms with Crippen LogP contribution in [0.4, 0.5) is 0 Å². The Morgan fingerprint density at radius 2 is 2.06 bits per heavy atom. The highest BCUT2D eigenvalue weighted by Gasteiger charge is 2.31. The summed E-state index contributed by atoms with van der Waals surface area (Å²) >= 11 is 0. The van der Waals surface area contributed by atoms with E-state index in [0.717, 1.165) is 17.5 Å². The van der Waals surface area contributed by atoms with Crippen LogP contribution in [0.2, 0.25) is 0 Å². The Morgan fingerprint density at radius 3 is 2.61 bits per heavy atom. The molecule has 0 aromatic heterocycles. The lowest BCUT2D eigenvalue weighted by Gasteiger charge is -2.34. The van der Waals surface area contributed by atoms with Gasteiger partial charge in [-0.2, -0.15) is 0 Å². The van der Waals surface area contributed by atoms with Crippen LogP contribution in [-0.4, -0.2) is 17.1 Å². The van der Waals surface area contributed by atoms with Crippen LogP contribution in [-0.2, 0) is 4.79 Å². The highest BCUT2D eigenvalue weighted by molar-refractivity contribution is 5.73. The molecule has 1 saturated heterocycles. The minimum absolute atomic E-state index is 0.124. The van der Waals surface area contributed by atoms with Gasteiger partial charge in [-0.15, -0.1) is 0 Å². The van der Waals surface area contributed by atoms with Gasteiger partial charge in [0.15, 0.2) is 0 Å². The highest BCUT2D eigenvalue weighted by atomic mass is 16.4. The van der Waals surface area contributed by atoms with Crippen LogP contribution >= 0.6 is 0 Å². The molecule has 0 bridgehead atoms. The number of rotatable bonds is 3. The van der Waals surface area contributed by atoms with Crippen LogP contribution in [0.25, 0.3) is 6.08 Å². The van der Waals surface area contributed by atoms with Gasteiger partial charge >= 0.3 is 5.97 Å². The molecule has 2 rings (SSSR count). The molecule has 0 saturated carbocycles. The Kier molecular flexibility index (Phi) is 3.82. The van der Waals surface area contributed by atoms with Crippen LogP contribution in [0, 0.1) is 5.92 Å². The first kappa shape index (κ1) is 12.8. The Balaban J connectivity index is 2.18. The number of hydrogen-bond acceptors (Lipinski definition) is 2. The monoisotopic (exact) mass is 245 g/mol. The van der Waals surface area contributed by atoms with Gasteiger partial charge in [-0.25, -0.2) is 0 Å². The van der Waals surface area contributed by atoms with Crippen LogP contribution in [0.3, 0.4) is 0 Å². The van der Waals surface area contributed by atoms with E-state index in [9.17, 15) is 4.79 Å². The Bertz CT molecular complexity index is 438. The number of piperidine rings is 1.